The molecule has 1 N–H and O–H groups in total. The van der Waals surface area contributed by atoms with Gasteiger partial charge in [-0.3, -0.25) is 14.9 Å². The molecule has 0 aromatic heterocycles. The van der Waals surface area contributed by atoms with E-state index in [2.05, 4.69) is 4.18 Å². The van der Waals surface area contributed by atoms with Crippen LogP contribution < -0.4 is 9.61 Å². The van der Waals surface area contributed by atoms with Gasteiger partial charge in [0.15, 0.2) is 27.9 Å². The molecule has 2 aliphatic rings. The molecule has 214 valence electrons. The Morgan fingerprint density at radius 1 is 0.976 bits per heavy atom. The Kier molecular flexibility index (Phi) is 6.69. The zero-order valence-corrected chi connectivity index (χ0v) is 21.6. The number of halogens is 4. The minimum Gasteiger partial charge on any atom is -0.478 e. The first-order valence-electron chi connectivity index (χ1n) is 11.5. The summed E-state index contributed by atoms with van der Waals surface area (Å²) in [4.78, 5) is 33.3. The van der Waals surface area contributed by atoms with E-state index in [9.17, 15) is 42.0 Å². The molecule has 0 saturated heterocycles. The molecule has 0 unspecified atom stereocenters. The maximum absolute atomic E-state index is 15.8. The average molecular weight is 603 g/mol. The van der Waals surface area contributed by atoms with Gasteiger partial charge in [-0.25, -0.2) is 13.6 Å². The number of fused-ring (bicyclic) bond motifs is 2. The van der Waals surface area contributed by atoms with Gasteiger partial charge in [-0.05, 0) is 42.3 Å². The number of hydrogen-bond acceptors (Lipinski definition) is 8. The Balaban J connectivity index is 1.86. The molecule has 5 rings (SSSR count). The summed E-state index contributed by atoms with van der Waals surface area (Å²) < 4.78 is 96.2. The van der Waals surface area contributed by atoms with Gasteiger partial charge in [0, 0.05) is 22.6 Å². The maximum atomic E-state index is 15.8. The predicted octanol–water partition coefficient (Wildman–Crippen LogP) is 5.80. The van der Waals surface area contributed by atoms with E-state index in [1.807, 2.05) is 0 Å². The fraction of sp³-hybridized carbons (Fsp3) is 0.0370. The van der Waals surface area contributed by atoms with Crippen LogP contribution in [0.1, 0.15) is 15.9 Å². The standard InChI is InChI=1S/C27H13F4NO9S/c1-11-6-7-19(18(8-11)32(36)37)42(38,39)41-26-17(29)10-15-20(12-4-2-3-5-13(12)27(34)35)14-9-16(28)23(33)21(30)24(14)40-25(15)22(26)31/h2-10H,1H3,(H,34,35). The smallest absolute Gasteiger partial charge is 0.346 e. The van der Waals surface area contributed by atoms with Gasteiger partial charge in [0.2, 0.25) is 17.4 Å². The quantitative estimate of drug-likeness (QED) is 0.0833. The highest BCUT2D eigenvalue weighted by atomic mass is 32.2. The van der Waals surface area contributed by atoms with Crippen LogP contribution in [0.15, 0.2) is 68.7 Å². The van der Waals surface area contributed by atoms with Crippen molar-refractivity contribution in [2.24, 2.45) is 0 Å². The van der Waals surface area contributed by atoms with Crippen LogP contribution in [0.3, 0.4) is 0 Å². The summed E-state index contributed by atoms with van der Waals surface area (Å²) in [6.45, 7) is 1.43. The number of aryl methyl sites for hydroxylation is 1. The SMILES string of the molecule is Cc1ccc(S(=O)(=O)Oc2c(F)cc3c(-c4ccccc4C(=O)O)c4cc(F)c(=O)c(F)c-4oc3c2F)c([N+](=O)[O-])c1. The summed E-state index contributed by atoms with van der Waals surface area (Å²) in [5.41, 5.74) is -5.34. The lowest BCUT2D eigenvalue weighted by atomic mass is 9.90. The third-order valence-electron chi connectivity index (χ3n) is 6.21. The van der Waals surface area contributed by atoms with Crippen LogP contribution >= 0.6 is 0 Å². The van der Waals surface area contributed by atoms with Crippen molar-refractivity contribution in [3.8, 4) is 28.2 Å². The van der Waals surface area contributed by atoms with Crippen molar-refractivity contribution < 1.29 is 49.4 Å². The molecule has 10 nitrogen and oxygen atoms in total. The molecule has 0 amide bonds. The molecule has 3 aromatic rings. The Morgan fingerprint density at radius 3 is 2.33 bits per heavy atom. The summed E-state index contributed by atoms with van der Waals surface area (Å²) in [7, 11) is -5.28. The van der Waals surface area contributed by atoms with Crippen LogP contribution in [0.4, 0.5) is 23.2 Å². The summed E-state index contributed by atoms with van der Waals surface area (Å²) in [6.07, 6.45) is 0. The van der Waals surface area contributed by atoms with Gasteiger partial charge in [-0.15, -0.1) is 0 Å². The third kappa shape index (κ3) is 4.49. The third-order valence-corrected chi connectivity index (χ3v) is 7.48. The summed E-state index contributed by atoms with van der Waals surface area (Å²) in [5.74, 6) is -11.3. The molecular weight excluding hydrogens is 590 g/mol. The van der Waals surface area contributed by atoms with Gasteiger partial charge < -0.3 is 13.7 Å². The fourth-order valence-electron chi connectivity index (χ4n) is 4.38. The highest BCUT2D eigenvalue weighted by Crippen LogP contribution is 2.45. The normalized spacial score (nSPS) is 11.6. The van der Waals surface area contributed by atoms with Crippen molar-refractivity contribution in [2.45, 2.75) is 11.8 Å². The van der Waals surface area contributed by atoms with E-state index in [0.29, 0.717) is 17.7 Å². The first-order chi connectivity index (χ1) is 19.7. The van der Waals surface area contributed by atoms with E-state index < -0.39 is 99.5 Å². The average Bonchev–Trinajstić information content (AvgIpc) is 2.93. The number of carboxylic acid groups (broad SMARTS) is 1. The van der Waals surface area contributed by atoms with Crippen molar-refractivity contribution in [1.29, 1.82) is 0 Å². The minimum absolute atomic E-state index is 0.288. The van der Waals surface area contributed by atoms with Crippen molar-refractivity contribution in [3.05, 3.63) is 109 Å². The molecule has 0 radical (unpaired) electrons. The molecule has 1 heterocycles. The van der Waals surface area contributed by atoms with E-state index in [0.717, 1.165) is 18.2 Å². The van der Waals surface area contributed by atoms with Crippen molar-refractivity contribution >= 4 is 32.7 Å². The van der Waals surface area contributed by atoms with Gasteiger partial charge in [-0.1, -0.05) is 24.3 Å². The summed E-state index contributed by atoms with van der Waals surface area (Å²) in [5, 5.41) is 20.5. The number of carboxylic acids is 1. The van der Waals surface area contributed by atoms with E-state index in [1.165, 1.54) is 31.2 Å². The molecule has 3 aromatic carbocycles. The number of rotatable bonds is 6. The number of benzene rings is 4. The number of carbonyl (C=O) groups is 1. The Hall–Kier alpha value is -5.31. The van der Waals surface area contributed by atoms with Crippen LogP contribution in [-0.4, -0.2) is 24.4 Å². The van der Waals surface area contributed by atoms with Crippen LogP contribution in [-0.2, 0) is 10.1 Å². The van der Waals surface area contributed by atoms with Gasteiger partial charge in [0.25, 0.3) is 11.1 Å². The lowest BCUT2D eigenvalue weighted by Crippen LogP contribution is -2.15. The molecular formula is C27H13F4NO9S. The Bertz CT molecular complexity index is 2130. The second-order valence-corrected chi connectivity index (χ2v) is 10.4. The van der Waals surface area contributed by atoms with Crippen LogP contribution in [0, 0.1) is 40.3 Å². The van der Waals surface area contributed by atoms with Gasteiger partial charge >= 0.3 is 16.1 Å². The number of hydrogen-bond donors (Lipinski definition) is 1. The Labute approximate surface area is 231 Å². The largest absolute Gasteiger partial charge is 0.478 e. The topological polar surface area (TPSA) is 154 Å². The number of nitro groups is 1. The second kappa shape index (κ2) is 9.95. The van der Waals surface area contributed by atoms with E-state index in [1.54, 1.807) is 0 Å². The molecule has 0 spiro atoms. The monoisotopic (exact) mass is 603 g/mol. The van der Waals surface area contributed by atoms with Crippen molar-refractivity contribution in [1.82, 2.24) is 0 Å². The van der Waals surface area contributed by atoms with E-state index >= 15 is 8.78 Å². The van der Waals surface area contributed by atoms with Gasteiger partial charge in [-0.2, -0.15) is 17.2 Å². The molecule has 1 aliphatic heterocycles. The number of nitro benzene ring substituents is 1. The lowest BCUT2D eigenvalue weighted by molar-refractivity contribution is -0.387. The molecule has 0 fully saturated rings. The van der Waals surface area contributed by atoms with Crippen molar-refractivity contribution in [3.63, 3.8) is 0 Å². The predicted molar refractivity (Wildman–Crippen MR) is 137 cm³/mol. The molecule has 15 heteroatoms. The maximum Gasteiger partial charge on any atom is 0.346 e. The Morgan fingerprint density at radius 2 is 1.67 bits per heavy atom. The zero-order chi connectivity index (χ0) is 30.7. The zero-order valence-electron chi connectivity index (χ0n) is 20.8. The highest BCUT2D eigenvalue weighted by Gasteiger charge is 2.34. The number of aromatic carboxylic acids is 1. The highest BCUT2D eigenvalue weighted by molar-refractivity contribution is 7.87. The lowest BCUT2D eigenvalue weighted by Gasteiger charge is -2.18. The van der Waals surface area contributed by atoms with Crippen LogP contribution in [0.5, 0.6) is 5.75 Å². The van der Waals surface area contributed by atoms with E-state index in [-0.39, 0.29) is 5.56 Å². The molecule has 1 aliphatic carbocycles. The molecule has 0 bridgehead atoms. The van der Waals surface area contributed by atoms with Crippen LogP contribution in [0.25, 0.3) is 33.4 Å². The van der Waals surface area contributed by atoms with Crippen molar-refractivity contribution in [2.75, 3.05) is 0 Å². The first-order valence-corrected chi connectivity index (χ1v) is 12.9. The van der Waals surface area contributed by atoms with Gasteiger partial charge in [0.1, 0.15) is 0 Å². The summed E-state index contributed by atoms with van der Waals surface area (Å²) >= 11 is 0. The van der Waals surface area contributed by atoms with Crippen LogP contribution in [0.2, 0.25) is 0 Å². The van der Waals surface area contributed by atoms with Gasteiger partial charge in [0.05, 0.1) is 10.5 Å². The molecule has 42 heavy (non-hydrogen) atoms. The second-order valence-electron chi connectivity index (χ2n) is 8.85. The minimum atomic E-state index is -5.28. The van der Waals surface area contributed by atoms with E-state index in [4.69, 9.17) is 4.42 Å². The molecule has 0 atom stereocenters. The summed E-state index contributed by atoms with van der Waals surface area (Å²) in [6, 6.07) is 8.71. The first kappa shape index (κ1) is 28.2. The molecule has 0 saturated carbocycles. The number of nitrogens with zero attached hydrogens (tertiary/aromatic N) is 1. The fourth-order valence-corrected chi connectivity index (χ4v) is 5.46.